The van der Waals surface area contributed by atoms with Crippen LogP contribution in [-0.2, 0) is 4.79 Å². The molecule has 1 heterocycles. The van der Waals surface area contributed by atoms with Gasteiger partial charge in [-0.2, -0.15) is 0 Å². The third-order valence-corrected chi connectivity index (χ3v) is 4.45. The highest BCUT2D eigenvalue weighted by Crippen LogP contribution is 2.49. The minimum absolute atomic E-state index is 0.274. The molecule has 0 radical (unpaired) electrons. The van der Waals surface area contributed by atoms with Gasteiger partial charge in [-0.25, -0.2) is 0 Å². The minimum atomic E-state index is -0.703. The number of nitrogens with zero attached hydrogens (tertiary/aromatic N) is 1. The van der Waals surface area contributed by atoms with Gasteiger partial charge >= 0.3 is 5.97 Å². The average Bonchev–Trinajstić information content (AvgIpc) is 3.34. The van der Waals surface area contributed by atoms with Crippen molar-refractivity contribution in [1.29, 1.82) is 0 Å². The summed E-state index contributed by atoms with van der Waals surface area (Å²) >= 11 is 0. The summed E-state index contributed by atoms with van der Waals surface area (Å²) in [6, 6.07) is 8.07. The molecule has 1 aliphatic carbocycles. The fourth-order valence-corrected chi connectivity index (χ4v) is 3.04. The van der Waals surface area contributed by atoms with E-state index >= 15 is 0 Å². The monoisotopic (exact) mass is 331 g/mol. The highest BCUT2D eigenvalue weighted by Gasteiger charge is 2.39. The number of hydrogen-bond acceptors (Lipinski definition) is 5. The van der Waals surface area contributed by atoms with Crippen molar-refractivity contribution in [3.63, 3.8) is 0 Å². The van der Waals surface area contributed by atoms with Gasteiger partial charge in [-0.05, 0) is 48.8 Å². The number of ether oxygens (including phenoxy) is 1. The first-order chi connectivity index (χ1) is 11.7. The summed E-state index contributed by atoms with van der Waals surface area (Å²) in [6.07, 6.45) is 3.26. The van der Waals surface area contributed by atoms with Crippen LogP contribution in [0.1, 0.15) is 37.2 Å². The predicted molar refractivity (Wildman–Crippen MR) is 92.6 cm³/mol. The minimum Gasteiger partial charge on any atom is -0.494 e. The van der Waals surface area contributed by atoms with E-state index in [0.717, 1.165) is 50.6 Å². The lowest BCUT2D eigenvalue weighted by Crippen LogP contribution is -2.41. The van der Waals surface area contributed by atoms with E-state index in [1.54, 1.807) is 0 Å². The molecule has 3 rings (SSSR count). The SMILES string of the molecule is O=C(O)CC1CC1c1ccc(OCCCNC2=NCCCN2)cc1. The fourth-order valence-electron chi connectivity index (χ4n) is 3.04. The number of hydrogen-bond donors (Lipinski definition) is 3. The second kappa shape index (κ2) is 8.04. The van der Waals surface area contributed by atoms with E-state index in [2.05, 4.69) is 27.8 Å². The van der Waals surface area contributed by atoms with Gasteiger partial charge in [0.15, 0.2) is 5.96 Å². The molecule has 2 atom stereocenters. The Balaban J connectivity index is 1.33. The van der Waals surface area contributed by atoms with Gasteiger partial charge in [-0.15, -0.1) is 0 Å². The smallest absolute Gasteiger partial charge is 0.303 e. The zero-order valence-electron chi connectivity index (χ0n) is 13.8. The molecule has 24 heavy (non-hydrogen) atoms. The number of benzene rings is 1. The molecular weight excluding hydrogens is 306 g/mol. The van der Waals surface area contributed by atoms with Crippen LogP contribution in [-0.4, -0.2) is 43.3 Å². The van der Waals surface area contributed by atoms with Gasteiger partial charge in [0, 0.05) is 26.1 Å². The Hall–Kier alpha value is -2.24. The average molecular weight is 331 g/mol. The van der Waals surface area contributed by atoms with Gasteiger partial charge < -0.3 is 20.5 Å². The highest BCUT2D eigenvalue weighted by atomic mass is 16.5. The molecule has 0 aromatic heterocycles. The maximum absolute atomic E-state index is 10.7. The van der Waals surface area contributed by atoms with Crippen LogP contribution in [0, 0.1) is 5.92 Å². The van der Waals surface area contributed by atoms with E-state index in [4.69, 9.17) is 9.84 Å². The zero-order valence-corrected chi connectivity index (χ0v) is 13.8. The normalized spacial score (nSPS) is 22.2. The van der Waals surface area contributed by atoms with E-state index in [1.165, 1.54) is 5.56 Å². The summed E-state index contributed by atoms with van der Waals surface area (Å²) in [5.41, 5.74) is 1.22. The van der Waals surface area contributed by atoms with Crippen LogP contribution >= 0.6 is 0 Å². The Morgan fingerprint density at radius 1 is 1.38 bits per heavy atom. The van der Waals surface area contributed by atoms with Crippen molar-refractivity contribution in [2.24, 2.45) is 10.9 Å². The van der Waals surface area contributed by atoms with E-state index in [1.807, 2.05) is 12.1 Å². The van der Waals surface area contributed by atoms with Gasteiger partial charge in [0.2, 0.25) is 0 Å². The third-order valence-electron chi connectivity index (χ3n) is 4.45. The summed E-state index contributed by atoms with van der Waals surface area (Å²) in [5, 5.41) is 15.3. The number of carboxylic acid groups (broad SMARTS) is 1. The van der Waals surface area contributed by atoms with Crippen LogP contribution in [0.4, 0.5) is 0 Å². The van der Waals surface area contributed by atoms with E-state index in [9.17, 15) is 4.79 Å². The standard InChI is InChI=1S/C18H25N3O3/c22-17(23)12-14-11-16(14)13-3-5-15(6-4-13)24-10-2-9-21-18-19-7-1-8-20-18/h3-6,14,16H,1-2,7-12H2,(H,22,23)(H2,19,20,21). The Bertz CT molecular complexity index is 586. The molecule has 0 saturated heterocycles. The maximum atomic E-state index is 10.7. The molecule has 2 aliphatic rings. The summed E-state index contributed by atoms with van der Waals surface area (Å²) < 4.78 is 5.75. The maximum Gasteiger partial charge on any atom is 0.303 e. The van der Waals surface area contributed by atoms with Crippen LogP contribution < -0.4 is 15.4 Å². The van der Waals surface area contributed by atoms with Crippen molar-refractivity contribution in [3.8, 4) is 5.75 Å². The molecule has 3 N–H and O–H groups in total. The molecule has 1 aromatic carbocycles. The lowest BCUT2D eigenvalue weighted by molar-refractivity contribution is -0.137. The molecule has 130 valence electrons. The van der Waals surface area contributed by atoms with Gasteiger partial charge in [0.05, 0.1) is 6.61 Å². The number of rotatable bonds is 8. The van der Waals surface area contributed by atoms with Crippen molar-refractivity contribution >= 4 is 11.9 Å². The molecule has 0 spiro atoms. The van der Waals surface area contributed by atoms with Crippen molar-refractivity contribution in [2.45, 2.75) is 31.6 Å². The molecular formula is C18H25N3O3. The van der Waals surface area contributed by atoms with Crippen LogP contribution in [0.5, 0.6) is 5.75 Å². The molecule has 1 fully saturated rings. The number of carboxylic acids is 1. The van der Waals surface area contributed by atoms with E-state index < -0.39 is 5.97 Å². The first-order valence-electron chi connectivity index (χ1n) is 8.69. The summed E-state index contributed by atoms with van der Waals surface area (Å²) in [6.45, 7) is 3.38. The largest absolute Gasteiger partial charge is 0.494 e. The van der Waals surface area contributed by atoms with Crippen molar-refractivity contribution in [2.75, 3.05) is 26.2 Å². The van der Waals surface area contributed by atoms with Gasteiger partial charge in [-0.1, -0.05) is 12.1 Å². The Labute approximate surface area is 142 Å². The Morgan fingerprint density at radius 3 is 2.92 bits per heavy atom. The van der Waals surface area contributed by atoms with Crippen molar-refractivity contribution in [1.82, 2.24) is 10.6 Å². The summed E-state index contributed by atoms with van der Waals surface area (Å²) in [5.74, 6) is 1.76. The van der Waals surface area contributed by atoms with Gasteiger partial charge in [0.1, 0.15) is 5.75 Å². The second-order valence-corrected chi connectivity index (χ2v) is 6.41. The van der Waals surface area contributed by atoms with Crippen LogP contribution in [0.2, 0.25) is 0 Å². The van der Waals surface area contributed by atoms with E-state index in [0.29, 0.717) is 18.4 Å². The summed E-state index contributed by atoms with van der Waals surface area (Å²) in [7, 11) is 0. The number of nitrogens with one attached hydrogen (secondary N) is 2. The second-order valence-electron chi connectivity index (χ2n) is 6.41. The van der Waals surface area contributed by atoms with Gasteiger partial charge in [0.25, 0.3) is 0 Å². The molecule has 6 nitrogen and oxygen atoms in total. The number of guanidine groups is 1. The molecule has 1 saturated carbocycles. The third kappa shape index (κ3) is 4.88. The molecule has 2 unspecified atom stereocenters. The fraction of sp³-hybridized carbons (Fsp3) is 0.556. The lowest BCUT2D eigenvalue weighted by Gasteiger charge is -2.16. The Kier molecular flexibility index (Phi) is 5.56. The molecule has 1 aromatic rings. The molecule has 0 amide bonds. The van der Waals surface area contributed by atoms with Crippen LogP contribution in [0.25, 0.3) is 0 Å². The number of aliphatic carboxylic acids is 1. The molecule has 1 aliphatic heterocycles. The van der Waals surface area contributed by atoms with Crippen LogP contribution in [0.15, 0.2) is 29.3 Å². The topological polar surface area (TPSA) is 83.0 Å². The first-order valence-corrected chi connectivity index (χ1v) is 8.69. The van der Waals surface area contributed by atoms with Gasteiger partial charge in [-0.3, -0.25) is 9.79 Å². The summed E-state index contributed by atoms with van der Waals surface area (Å²) in [4.78, 5) is 15.1. The first kappa shape index (κ1) is 16.6. The number of aliphatic imine (C=N–C) groups is 1. The lowest BCUT2D eigenvalue weighted by atomic mass is 10.1. The van der Waals surface area contributed by atoms with Crippen molar-refractivity contribution < 1.29 is 14.6 Å². The predicted octanol–water partition coefficient (Wildman–Crippen LogP) is 1.97. The number of carbonyl (C=O) groups is 1. The quantitative estimate of drug-likeness (QED) is 0.635. The van der Waals surface area contributed by atoms with Crippen LogP contribution in [0.3, 0.4) is 0 Å². The highest BCUT2D eigenvalue weighted by molar-refractivity contribution is 5.80. The molecule has 0 bridgehead atoms. The zero-order chi connectivity index (χ0) is 16.8. The van der Waals surface area contributed by atoms with Crippen molar-refractivity contribution in [3.05, 3.63) is 29.8 Å². The molecule has 6 heteroatoms. The Morgan fingerprint density at radius 2 is 2.21 bits per heavy atom. The van der Waals surface area contributed by atoms with E-state index in [-0.39, 0.29) is 6.42 Å².